The van der Waals surface area contributed by atoms with Crippen molar-refractivity contribution in [1.29, 1.82) is 0 Å². The molecule has 7 nitrogen and oxygen atoms in total. The third kappa shape index (κ3) is 4.81. The van der Waals surface area contributed by atoms with Gasteiger partial charge in [-0.05, 0) is 64.0 Å². The Hall–Kier alpha value is -1.79. The summed E-state index contributed by atoms with van der Waals surface area (Å²) in [5.41, 5.74) is 0.983. The van der Waals surface area contributed by atoms with E-state index in [4.69, 9.17) is 9.05 Å². The summed E-state index contributed by atoms with van der Waals surface area (Å²) in [5.74, 6) is 0.622. The maximum Gasteiger partial charge on any atom is 0.385 e. The summed E-state index contributed by atoms with van der Waals surface area (Å²) in [5, 5.41) is 0. The lowest BCUT2D eigenvalue weighted by atomic mass is 9.93. The molecule has 3 heterocycles. The van der Waals surface area contributed by atoms with Gasteiger partial charge in [-0.15, -0.1) is 6.58 Å². The summed E-state index contributed by atoms with van der Waals surface area (Å²) in [4.78, 5) is 21.0. The Balaban J connectivity index is 1.73. The number of fused-ring (bicyclic) bond motifs is 3. The number of nitrogens with zero attached hydrogens (tertiary/aromatic N) is 3. The van der Waals surface area contributed by atoms with Gasteiger partial charge in [0.25, 0.3) is 5.56 Å². The molecule has 0 N–H and O–H groups in total. The third-order valence-electron chi connectivity index (χ3n) is 7.41. The predicted octanol–water partition coefficient (Wildman–Crippen LogP) is 5.06. The van der Waals surface area contributed by atoms with Crippen LogP contribution in [0.5, 0.6) is 0 Å². The first-order valence-electron chi connectivity index (χ1n) is 12.7. The molecular formula is C26H38N3O4P. The monoisotopic (exact) mass is 487 g/mol. The van der Waals surface area contributed by atoms with Crippen molar-refractivity contribution >= 4 is 24.1 Å². The Labute approximate surface area is 202 Å². The fourth-order valence-corrected chi connectivity index (χ4v) is 7.41. The minimum Gasteiger partial charge on any atom is -0.304 e. The molecule has 34 heavy (non-hydrogen) atoms. The molecule has 2 aromatic rings. The molecule has 2 aliphatic rings. The Bertz CT molecular complexity index is 1090. The maximum absolute atomic E-state index is 13.8. The van der Waals surface area contributed by atoms with Crippen molar-refractivity contribution in [2.75, 3.05) is 19.8 Å². The van der Waals surface area contributed by atoms with Gasteiger partial charge in [0.05, 0.1) is 24.2 Å². The molecule has 0 amide bonds. The van der Waals surface area contributed by atoms with Crippen molar-refractivity contribution in [3.05, 3.63) is 47.3 Å². The molecule has 4 rings (SSSR count). The zero-order valence-electron chi connectivity index (χ0n) is 20.7. The van der Waals surface area contributed by atoms with Gasteiger partial charge in [-0.3, -0.25) is 14.3 Å². The van der Waals surface area contributed by atoms with Crippen LogP contribution in [0.4, 0.5) is 0 Å². The average molecular weight is 488 g/mol. The van der Waals surface area contributed by atoms with Gasteiger partial charge in [-0.2, -0.15) is 0 Å². The Kier molecular flexibility index (Phi) is 8.08. The third-order valence-corrected chi connectivity index (χ3v) is 9.41. The number of para-hydroxylation sites is 2. The standard InChI is InChI=1S/C26H38N3O4P/c1-5-11-19(6-2)18-28-20-14-15-21(28)17-22(16-20)29-24-13-10-9-12-23(24)27-25(26(29)30)34(31,32-7-3)33-8-4/h5,9-10,12-13,19-22H,1,6-8,11,14-18H2,2-4H3/t19?,20-,21+,22?. The quantitative estimate of drug-likeness (QED) is 0.326. The van der Waals surface area contributed by atoms with E-state index in [1.165, 1.54) is 0 Å². The lowest BCUT2D eigenvalue weighted by Gasteiger charge is -2.41. The number of rotatable bonds is 11. The summed E-state index contributed by atoms with van der Waals surface area (Å²) >= 11 is 0. The second kappa shape index (κ2) is 10.9. The zero-order valence-corrected chi connectivity index (χ0v) is 21.6. The molecule has 2 bridgehead atoms. The van der Waals surface area contributed by atoms with Gasteiger partial charge in [-0.1, -0.05) is 31.6 Å². The highest BCUT2D eigenvalue weighted by molar-refractivity contribution is 7.61. The van der Waals surface area contributed by atoms with Gasteiger partial charge in [0, 0.05) is 24.7 Å². The number of benzene rings is 1. The van der Waals surface area contributed by atoms with Crippen LogP contribution in [0, 0.1) is 5.92 Å². The molecule has 0 radical (unpaired) electrons. The van der Waals surface area contributed by atoms with Gasteiger partial charge in [0.2, 0.25) is 5.44 Å². The lowest BCUT2D eigenvalue weighted by molar-refractivity contribution is 0.0885. The van der Waals surface area contributed by atoms with E-state index in [-0.39, 0.29) is 30.2 Å². The molecule has 0 saturated carbocycles. The first-order chi connectivity index (χ1) is 16.5. The van der Waals surface area contributed by atoms with Crippen LogP contribution in [0.25, 0.3) is 11.0 Å². The summed E-state index contributed by atoms with van der Waals surface area (Å²) in [7, 11) is -3.81. The van der Waals surface area contributed by atoms with Crippen LogP contribution in [0.3, 0.4) is 0 Å². The van der Waals surface area contributed by atoms with E-state index in [1.54, 1.807) is 13.8 Å². The van der Waals surface area contributed by atoms with Crippen molar-refractivity contribution in [2.45, 2.75) is 77.4 Å². The molecule has 0 spiro atoms. The van der Waals surface area contributed by atoms with Crippen LogP contribution in [0.2, 0.25) is 0 Å². The summed E-state index contributed by atoms with van der Waals surface area (Å²) in [6.45, 7) is 11.1. The normalized spacial score (nSPS) is 23.9. The molecule has 186 valence electrons. The highest BCUT2D eigenvalue weighted by Gasteiger charge is 2.43. The molecule has 4 atom stereocenters. The van der Waals surface area contributed by atoms with E-state index in [9.17, 15) is 9.36 Å². The topological polar surface area (TPSA) is 73.7 Å². The first kappa shape index (κ1) is 25.3. The van der Waals surface area contributed by atoms with Crippen LogP contribution in [-0.2, 0) is 13.6 Å². The number of aromatic nitrogens is 2. The summed E-state index contributed by atoms with van der Waals surface area (Å²) < 4.78 is 26.5. The second-order valence-electron chi connectivity index (χ2n) is 9.44. The smallest absolute Gasteiger partial charge is 0.304 e. The van der Waals surface area contributed by atoms with Crippen LogP contribution >= 0.6 is 7.60 Å². The highest BCUT2D eigenvalue weighted by Crippen LogP contribution is 2.46. The Morgan fingerprint density at radius 1 is 1.12 bits per heavy atom. The van der Waals surface area contributed by atoms with Crippen molar-refractivity contribution < 1.29 is 13.6 Å². The van der Waals surface area contributed by atoms with E-state index >= 15 is 0 Å². The van der Waals surface area contributed by atoms with Gasteiger partial charge in [0.1, 0.15) is 0 Å². The van der Waals surface area contributed by atoms with Crippen molar-refractivity contribution in [2.24, 2.45) is 5.92 Å². The molecule has 8 heteroatoms. The molecule has 1 aromatic heterocycles. The molecule has 0 aliphatic carbocycles. The Morgan fingerprint density at radius 2 is 1.76 bits per heavy atom. The molecule has 2 unspecified atom stereocenters. The number of hydrogen-bond acceptors (Lipinski definition) is 6. The lowest BCUT2D eigenvalue weighted by Crippen LogP contribution is -2.48. The Morgan fingerprint density at radius 3 is 2.35 bits per heavy atom. The molecule has 1 aromatic carbocycles. The van der Waals surface area contributed by atoms with E-state index < -0.39 is 7.60 Å². The largest absolute Gasteiger partial charge is 0.385 e. The summed E-state index contributed by atoms with van der Waals surface area (Å²) in [6, 6.07) is 8.55. The van der Waals surface area contributed by atoms with Gasteiger partial charge in [0.15, 0.2) is 0 Å². The van der Waals surface area contributed by atoms with Crippen LogP contribution in [-0.4, -0.2) is 46.3 Å². The molecule has 2 fully saturated rings. The number of allylic oxidation sites excluding steroid dienone is 1. The van der Waals surface area contributed by atoms with Gasteiger partial charge >= 0.3 is 7.60 Å². The van der Waals surface area contributed by atoms with Crippen molar-refractivity contribution in [3.63, 3.8) is 0 Å². The van der Waals surface area contributed by atoms with E-state index in [1.807, 2.05) is 34.9 Å². The highest BCUT2D eigenvalue weighted by atomic mass is 31.2. The fourth-order valence-electron chi connectivity index (χ4n) is 5.84. The summed E-state index contributed by atoms with van der Waals surface area (Å²) in [6.07, 6.45) is 8.34. The van der Waals surface area contributed by atoms with Crippen LogP contribution in [0.15, 0.2) is 41.7 Å². The molecule has 2 aliphatic heterocycles. The maximum atomic E-state index is 13.8. The average Bonchev–Trinajstić information content (AvgIpc) is 3.05. The van der Waals surface area contributed by atoms with Gasteiger partial charge < -0.3 is 13.6 Å². The predicted molar refractivity (Wildman–Crippen MR) is 137 cm³/mol. The molecular weight excluding hydrogens is 449 g/mol. The second-order valence-corrected chi connectivity index (χ2v) is 11.4. The van der Waals surface area contributed by atoms with E-state index in [0.717, 1.165) is 50.6 Å². The molecule has 2 saturated heterocycles. The van der Waals surface area contributed by atoms with Gasteiger partial charge in [-0.25, -0.2) is 4.98 Å². The number of hydrogen-bond donors (Lipinski definition) is 0. The van der Waals surface area contributed by atoms with E-state index in [2.05, 4.69) is 23.4 Å². The first-order valence-corrected chi connectivity index (χ1v) is 14.3. The van der Waals surface area contributed by atoms with Crippen LogP contribution in [0.1, 0.15) is 65.3 Å². The minimum atomic E-state index is -3.81. The van der Waals surface area contributed by atoms with Crippen LogP contribution < -0.4 is 11.0 Å². The number of piperidine rings is 1. The van der Waals surface area contributed by atoms with E-state index in [0.29, 0.717) is 23.5 Å². The zero-order chi connectivity index (χ0) is 24.3. The van der Waals surface area contributed by atoms with Crippen molar-refractivity contribution in [1.82, 2.24) is 14.5 Å². The minimum absolute atomic E-state index is 0.0316. The fraction of sp³-hybridized carbons (Fsp3) is 0.615. The van der Waals surface area contributed by atoms with Crippen molar-refractivity contribution in [3.8, 4) is 0 Å². The SMILES string of the molecule is C=CCC(CC)CN1[C@@H]2CC[C@H]1CC(n1c(=O)c(P(=O)(OCC)OCC)nc3ccccc31)C2.